The molecule has 1 atom stereocenters. The number of para-hydroxylation sites is 1. The van der Waals surface area contributed by atoms with Crippen molar-refractivity contribution in [2.24, 2.45) is 0 Å². The first-order valence-electron chi connectivity index (χ1n) is 6.13. The van der Waals surface area contributed by atoms with Gasteiger partial charge in [0, 0.05) is 12.6 Å². The first-order valence-corrected chi connectivity index (χ1v) is 8.45. The lowest BCUT2D eigenvalue weighted by atomic mass is 10.1. The lowest BCUT2D eigenvalue weighted by Gasteiger charge is -2.25. The van der Waals surface area contributed by atoms with Gasteiger partial charge in [-0.05, 0) is 24.4 Å². The van der Waals surface area contributed by atoms with Crippen molar-refractivity contribution in [3.8, 4) is 5.75 Å². The smallest absolute Gasteiger partial charge is 0.252 e. The van der Waals surface area contributed by atoms with Crippen LogP contribution in [0.2, 0.25) is 0 Å². The van der Waals surface area contributed by atoms with Crippen LogP contribution in [0.5, 0.6) is 5.75 Å². The monoisotopic (exact) mass is 311 g/mol. The normalized spacial score (nSPS) is 13.4. The van der Waals surface area contributed by atoms with Gasteiger partial charge in [-0.1, -0.05) is 24.3 Å². The van der Waals surface area contributed by atoms with Crippen molar-refractivity contribution < 1.29 is 13.2 Å². The summed E-state index contributed by atoms with van der Waals surface area (Å²) in [5, 5.41) is 1.76. The lowest BCUT2D eigenvalue weighted by molar-refractivity contribution is 0.367. The van der Waals surface area contributed by atoms with Crippen LogP contribution in [0.25, 0.3) is 0 Å². The summed E-state index contributed by atoms with van der Waals surface area (Å²) >= 11 is 1.22. The minimum absolute atomic E-state index is 0.307. The summed E-state index contributed by atoms with van der Waals surface area (Å²) in [6, 6.07) is 10.5. The third-order valence-electron chi connectivity index (χ3n) is 3.26. The number of ether oxygens (including phenoxy) is 1. The molecule has 0 radical (unpaired) electrons. The van der Waals surface area contributed by atoms with E-state index in [1.165, 1.54) is 15.6 Å². The maximum atomic E-state index is 12.5. The third kappa shape index (κ3) is 2.72. The molecule has 1 aromatic carbocycles. The molecule has 2 rings (SSSR count). The number of rotatable bonds is 5. The minimum Gasteiger partial charge on any atom is -0.496 e. The SMILES string of the molecule is COc1ccccc1C(C)N(C)S(=O)(=O)c1cccs1. The molecule has 0 N–H and O–H groups in total. The van der Waals surface area contributed by atoms with E-state index in [-0.39, 0.29) is 6.04 Å². The number of nitrogens with zero attached hydrogens (tertiary/aromatic N) is 1. The Kier molecular flexibility index (Phi) is 4.47. The topological polar surface area (TPSA) is 46.6 Å². The number of sulfonamides is 1. The highest BCUT2D eigenvalue weighted by Crippen LogP contribution is 2.32. The van der Waals surface area contributed by atoms with Gasteiger partial charge in [0.25, 0.3) is 10.0 Å². The molecule has 2 aromatic rings. The summed E-state index contributed by atoms with van der Waals surface area (Å²) in [7, 11) is -0.300. The van der Waals surface area contributed by atoms with E-state index in [0.717, 1.165) is 5.56 Å². The van der Waals surface area contributed by atoms with Crippen molar-refractivity contribution in [3.05, 3.63) is 47.3 Å². The third-order valence-corrected chi connectivity index (χ3v) is 6.56. The van der Waals surface area contributed by atoms with Gasteiger partial charge < -0.3 is 4.74 Å². The van der Waals surface area contributed by atoms with Crippen molar-refractivity contribution in [2.45, 2.75) is 17.2 Å². The van der Waals surface area contributed by atoms with E-state index in [1.807, 2.05) is 31.2 Å². The van der Waals surface area contributed by atoms with Crippen molar-refractivity contribution in [1.82, 2.24) is 4.31 Å². The summed E-state index contributed by atoms with van der Waals surface area (Å²) in [5.74, 6) is 0.688. The van der Waals surface area contributed by atoms with Crippen molar-refractivity contribution in [3.63, 3.8) is 0 Å². The van der Waals surface area contributed by atoms with E-state index in [0.29, 0.717) is 9.96 Å². The van der Waals surface area contributed by atoms with Gasteiger partial charge in [-0.3, -0.25) is 0 Å². The predicted octanol–water partition coefficient (Wildman–Crippen LogP) is 3.14. The first-order chi connectivity index (χ1) is 9.48. The van der Waals surface area contributed by atoms with E-state index in [9.17, 15) is 8.42 Å². The standard InChI is InChI=1S/C14H17NO3S2/c1-11(12-7-4-5-8-13(12)18-3)15(2)20(16,17)14-9-6-10-19-14/h4-11H,1-3H3. The second-order valence-electron chi connectivity index (χ2n) is 4.37. The van der Waals surface area contributed by atoms with E-state index in [1.54, 1.807) is 31.7 Å². The number of benzene rings is 1. The molecule has 0 bridgehead atoms. The second-order valence-corrected chi connectivity index (χ2v) is 7.54. The van der Waals surface area contributed by atoms with Crippen LogP contribution in [-0.4, -0.2) is 26.9 Å². The fraction of sp³-hybridized carbons (Fsp3) is 0.286. The molecule has 20 heavy (non-hydrogen) atoms. The zero-order chi connectivity index (χ0) is 14.8. The van der Waals surface area contributed by atoms with E-state index in [2.05, 4.69) is 0 Å². The van der Waals surface area contributed by atoms with Crippen LogP contribution in [0.4, 0.5) is 0 Å². The fourth-order valence-corrected chi connectivity index (χ4v) is 4.49. The molecule has 1 aromatic heterocycles. The molecule has 108 valence electrons. The van der Waals surface area contributed by atoms with Crippen LogP contribution in [0, 0.1) is 0 Å². The molecule has 1 heterocycles. The molecule has 6 heteroatoms. The lowest BCUT2D eigenvalue weighted by Crippen LogP contribution is -2.29. The molecule has 1 unspecified atom stereocenters. The Morgan fingerprint density at radius 2 is 1.90 bits per heavy atom. The highest BCUT2D eigenvalue weighted by molar-refractivity contribution is 7.91. The molecular weight excluding hydrogens is 294 g/mol. The van der Waals surface area contributed by atoms with E-state index >= 15 is 0 Å². The van der Waals surface area contributed by atoms with Gasteiger partial charge >= 0.3 is 0 Å². The average molecular weight is 311 g/mol. The number of hydrogen-bond donors (Lipinski definition) is 0. The number of thiophene rings is 1. The van der Waals surface area contributed by atoms with Gasteiger partial charge in [-0.2, -0.15) is 4.31 Å². The summed E-state index contributed by atoms with van der Waals surface area (Å²) in [5.41, 5.74) is 0.845. The summed E-state index contributed by atoms with van der Waals surface area (Å²) in [4.78, 5) is 0. The van der Waals surface area contributed by atoms with Crippen LogP contribution < -0.4 is 4.74 Å². The van der Waals surface area contributed by atoms with Crippen LogP contribution in [0.15, 0.2) is 46.0 Å². The molecular formula is C14H17NO3S2. The van der Waals surface area contributed by atoms with Crippen molar-refractivity contribution >= 4 is 21.4 Å². The van der Waals surface area contributed by atoms with E-state index in [4.69, 9.17) is 4.74 Å². The molecule has 0 aliphatic rings. The molecule has 0 aliphatic heterocycles. The summed E-state index contributed by atoms with van der Waals surface area (Å²) < 4.78 is 32.0. The largest absolute Gasteiger partial charge is 0.496 e. The van der Waals surface area contributed by atoms with Crippen LogP contribution in [-0.2, 0) is 10.0 Å². The molecule has 0 spiro atoms. The van der Waals surface area contributed by atoms with Gasteiger partial charge in [0.15, 0.2) is 0 Å². The Hall–Kier alpha value is -1.37. The average Bonchev–Trinajstić information content (AvgIpc) is 3.00. The van der Waals surface area contributed by atoms with Crippen molar-refractivity contribution in [2.75, 3.05) is 14.2 Å². The van der Waals surface area contributed by atoms with Crippen LogP contribution >= 0.6 is 11.3 Å². The van der Waals surface area contributed by atoms with Crippen LogP contribution in [0.3, 0.4) is 0 Å². The second kappa shape index (κ2) is 5.95. The van der Waals surface area contributed by atoms with Crippen LogP contribution in [0.1, 0.15) is 18.5 Å². The first kappa shape index (κ1) is 15.0. The zero-order valence-corrected chi connectivity index (χ0v) is 13.2. The van der Waals surface area contributed by atoms with Gasteiger partial charge in [-0.15, -0.1) is 11.3 Å². The van der Waals surface area contributed by atoms with Crippen molar-refractivity contribution in [1.29, 1.82) is 0 Å². The molecule has 0 saturated carbocycles. The Morgan fingerprint density at radius 1 is 1.20 bits per heavy atom. The fourth-order valence-electron chi connectivity index (χ4n) is 1.97. The molecule has 4 nitrogen and oxygen atoms in total. The van der Waals surface area contributed by atoms with Gasteiger partial charge in [0.1, 0.15) is 9.96 Å². The van der Waals surface area contributed by atoms with Gasteiger partial charge in [0.2, 0.25) is 0 Å². The molecule has 0 fully saturated rings. The maximum Gasteiger partial charge on any atom is 0.252 e. The highest BCUT2D eigenvalue weighted by Gasteiger charge is 2.28. The number of methoxy groups -OCH3 is 1. The summed E-state index contributed by atoms with van der Waals surface area (Å²) in [6.07, 6.45) is 0. The predicted molar refractivity (Wildman–Crippen MR) is 80.7 cm³/mol. The molecule has 0 aliphatic carbocycles. The van der Waals surface area contributed by atoms with Gasteiger partial charge in [-0.25, -0.2) is 8.42 Å². The Labute approximate surface area is 123 Å². The Bertz CT molecular complexity index is 665. The Balaban J connectivity index is 2.36. The van der Waals surface area contributed by atoms with E-state index < -0.39 is 10.0 Å². The highest BCUT2D eigenvalue weighted by atomic mass is 32.2. The molecule has 0 saturated heterocycles. The maximum absolute atomic E-state index is 12.5. The summed E-state index contributed by atoms with van der Waals surface area (Å²) in [6.45, 7) is 1.85. The zero-order valence-electron chi connectivity index (χ0n) is 11.6. The Morgan fingerprint density at radius 3 is 2.50 bits per heavy atom. The minimum atomic E-state index is -3.47. The quantitative estimate of drug-likeness (QED) is 0.852. The van der Waals surface area contributed by atoms with Gasteiger partial charge in [0.05, 0.1) is 13.2 Å². The number of hydrogen-bond acceptors (Lipinski definition) is 4. The molecule has 0 amide bonds.